The zero-order valence-corrected chi connectivity index (χ0v) is 11.7. The number of hydrogen-bond donors (Lipinski definition) is 1. The molecule has 5 heteroatoms. The van der Waals surface area contributed by atoms with Gasteiger partial charge < -0.3 is 10.1 Å². The molecule has 0 bridgehead atoms. The van der Waals surface area contributed by atoms with Crippen molar-refractivity contribution in [3.05, 3.63) is 41.4 Å². The quantitative estimate of drug-likeness (QED) is 0.913. The second-order valence-corrected chi connectivity index (χ2v) is 5.09. The number of thiazole rings is 1. The van der Waals surface area contributed by atoms with Crippen LogP contribution in [-0.4, -0.2) is 30.6 Å². The van der Waals surface area contributed by atoms with Crippen LogP contribution >= 0.6 is 11.3 Å². The van der Waals surface area contributed by atoms with Crippen LogP contribution in [0.4, 0.5) is 0 Å². The third-order valence-corrected chi connectivity index (χ3v) is 3.44. The molecule has 4 nitrogen and oxygen atoms in total. The molecule has 2 rings (SSSR count). The topological polar surface area (TPSA) is 51.2 Å². The first-order valence-electron chi connectivity index (χ1n) is 6.01. The number of methoxy groups -OCH3 is 1. The van der Waals surface area contributed by atoms with Crippen LogP contribution < -0.4 is 5.32 Å². The van der Waals surface area contributed by atoms with Gasteiger partial charge in [-0.1, -0.05) is 30.3 Å². The van der Waals surface area contributed by atoms with E-state index in [1.165, 1.54) is 11.3 Å². The lowest BCUT2D eigenvalue weighted by Crippen LogP contribution is -2.35. The number of aromatic nitrogens is 1. The molecule has 0 aliphatic carbocycles. The molecule has 1 amide bonds. The van der Waals surface area contributed by atoms with E-state index in [0.29, 0.717) is 12.3 Å². The van der Waals surface area contributed by atoms with Crippen LogP contribution in [-0.2, 0) is 4.74 Å². The van der Waals surface area contributed by atoms with Gasteiger partial charge in [0.1, 0.15) is 10.7 Å². The lowest BCUT2D eigenvalue weighted by Gasteiger charge is -2.11. The Morgan fingerprint density at radius 3 is 2.84 bits per heavy atom. The fourth-order valence-corrected chi connectivity index (χ4v) is 2.49. The molecular weight excluding hydrogens is 260 g/mol. The van der Waals surface area contributed by atoms with Gasteiger partial charge in [-0.05, 0) is 6.92 Å². The summed E-state index contributed by atoms with van der Waals surface area (Å²) in [5.41, 5.74) is 1.48. The molecule has 1 aromatic carbocycles. The van der Waals surface area contributed by atoms with Crippen LogP contribution in [0.15, 0.2) is 35.7 Å². The van der Waals surface area contributed by atoms with Crippen molar-refractivity contribution in [1.82, 2.24) is 10.3 Å². The van der Waals surface area contributed by atoms with Crippen LogP contribution in [0.3, 0.4) is 0 Å². The Kier molecular flexibility index (Phi) is 4.65. The van der Waals surface area contributed by atoms with Gasteiger partial charge >= 0.3 is 0 Å². The molecule has 0 unspecified atom stereocenters. The third-order valence-electron chi connectivity index (χ3n) is 2.55. The Hall–Kier alpha value is -1.72. The zero-order valence-electron chi connectivity index (χ0n) is 10.9. The SMILES string of the molecule is COC[C@@H](C)NC(=O)c1csc(-c2ccccc2)n1. The molecule has 0 aliphatic rings. The maximum absolute atomic E-state index is 12.0. The van der Waals surface area contributed by atoms with Crippen molar-refractivity contribution in [2.45, 2.75) is 13.0 Å². The fourth-order valence-electron chi connectivity index (χ4n) is 1.68. The average molecular weight is 276 g/mol. The van der Waals surface area contributed by atoms with Crippen LogP contribution in [0.2, 0.25) is 0 Å². The Morgan fingerprint density at radius 2 is 2.16 bits per heavy atom. The molecule has 1 aromatic heterocycles. The highest BCUT2D eigenvalue weighted by atomic mass is 32.1. The van der Waals surface area contributed by atoms with Crippen molar-refractivity contribution < 1.29 is 9.53 Å². The van der Waals surface area contributed by atoms with Crippen LogP contribution in [0.1, 0.15) is 17.4 Å². The average Bonchev–Trinajstić information content (AvgIpc) is 2.89. The molecule has 1 atom stereocenters. The van der Waals surface area contributed by atoms with E-state index in [4.69, 9.17) is 4.74 Å². The second-order valence-electron chi connectivity index (χ2n) is 4.23. The summed E-state index contributed by atoms with van der Waals surface area (Å²) < 4.78 is 4.98. The summed E-state index contributed by atoms with van der Waals surface area (Å²) in [5, 5.41) is 5.47. The van der Waals surface area contributed by atoms with Crippen molar-refractivity contribution in [2.75, 3.05) is 13.7 Å². The first kappa shape index (κ1) is 13.7. The molecule has 0 saturated heterocycles. The summed E-state index contributed by atoms with van der Waals surface area (Å²) >= 11 is 1.47. The maximum Gasteiger partial charge on any atom is 0.271 e. The lowest BCUT2D eigenvalue weighted by atomic mass is 10.2. The van der Waals surface area contributed by atoms with Gasteiger partial charge in [0, 0.05) is 24.1 Å². The van der Waals surface area contributed by atoms with E-state index >= 15 is 0 Å². The number of benzene rings is 1. The molecule has 0 fully saturated rings. The number of ether oxygens (including phenoxy) is 1. The van der Waals surface area contributed by atoms with Gasteiger partial charge in [0.2, 0.25) is 0 Å². The third kappa shape index (κ3) is 3.62. The minimum absolute atomic E-state index is 0.0284. The maximum atomic E-state index is 12.0. The first-order valence-corrected chi connectivity index (χ1v) is 6.89. The van der Waals surface area contributed by atoms with Crippen molar-refractivity contribution >= 4 is 17.2 Å². The molecule has 1 N–H and O–H groups in total. The monoisotopic (exact) mass is 276 g/mol. The normalized spacial score (nSPS) is 12.1. The standard InChI is InChI=1S/C14H16N2O2S/c1-10(8-18-2)15-13(17)12-9-19-14(16-12)11-6-4-3-5-7-11/h3-7,9-10H,8H2,1-2H3,(H,15,17)/t10-/m1/s1. The molecule has 0 saturated carbocycles. The first-order chi connectivity index (χ1) is 9.20. The summed E-state index contributed by atoms with van der Waals surface area (Å²) in [4.78, 5) is 16.3. The largest absolute Gasteiger partial charge is 0.383 e. The number of carbonyl (C=O) groups excluding carboxylic acids is 1. The van der Waals surface area contributed by atoms with Gasteiger partial charge in [0.05, 0.1) is 6.61 Å². The number of carbonyl (C=O) groups is 1. The number of hydrogen-bond acceptors (Lipinski definition) is 4. The van der Waals surface area contributed by atoms with E-state index in [1.54, 1.807) is 12.5 Å². The molecule has 1 heterocycles. The number of amides is 1. The van der Waals surface area contributed by atoms with Gasteiger partial charge in [0.15, 0.2) is 0 Å². The van der Waals surface area contributed by atoms with Crippen LogP contribution in [0.25, 0.3) is 10.6 Å². The molecular formula is C14H16N2O2S. The van der Waals surface area contributed by atoms with Gasteiger partial charge in [0.25, 0.3) is 5.91 Å². The highest BCUT2D eigenvalue weighted by Gasteiger charge is 2.13. The van der Waals surface area contributed by atoms with E-state index < -0.39 is 0 Å². The summed E-state index contributed by atoms with van der Waals surface area (Å²) in [5.74, 6) is -0.164. The number of rotatable bonds is 5. The molecule has 2 aromatic rings. The van der Waals surface area contributed by atoms with Gasteiger partial charge in [-0.15, -0.1) is 11.3 Å². The Bertz CT molecular complexity index is 539. The summed E-state index contributed by atoms with van der Waals surface area (Å²) in [6.45, 7) is 2.38. The summed E-state index contributed by atoms with van der Waals surface area (Å²) in [6, 6.07) is 9.80. The highest BCUT2D eigenvalue weighted by molar-refractivity contribution is 7.13. The molecule has 0 radical (unpaired) electrons. The molecule has 100 valence electrons. The van der Waals surface area contributed by atoms with E-state index in [0.717, 1.165) is 10.6 Å². The summed E-state index contributed by atoms with van der Waals surface area (Å²) in [6.07, 6.45) is 0. The van der Waals surface area contributed by atoms with Crippen molar-refractivity contribution in [2.24, 2.45) is 0 Å². The lowest BCUT2D eigenvalue weighted by molar-refractivity contribution is 0.0901. The fraction of sp³-hybridized carbons (Fsp3) is 0.286. The van der Waals surface area contributed by atoms with Crippen LogP contribution in [0, 0.1) is 0 Å². The molecule has 19 heavy (non-hydrogen) atoms. The summed E-state index contributed by atoms with van der Waals surface area (Å²) in [7, 11) is 1.61. The molecule has 0 spiro atoms. The number of nitrogens with zero attached hydrogens (tertiary/aromatic N) is 1. The Labute approximate surface area is 116 Å². The predicted octanol–water partition coefficient (Wildman–Crippen LogP) is 2.57. The minimum atomic E-state index is -0.164. The van der Waals surface area contributed by atoms with E-state index in [-0.39, 0.29) is 11.9 Å². The van der Waals surface area contributed by atoms with Crippen molar-refractivity contribution in [3.8, 4) is 10.6 Å². The Balaban J connectivity index is 2.07. The van der Waals surface area contributed by atoms with Crippen molar-refractivity contribution in [1.29, 1.82) is 0 Å². The molecule has 0 aliphatic heterocycles. The van der Waals surface area contributed by atoms with E-state index in [2.05, 4.69) is 10.3 Å². The van der Waals surface area contributed by atoms with E-state index in [9.17, 15) is 4.79 Å². The highest BCUT2D eigenvalue weighted by Crippen LogP contribution is 2.23. The van der Waals surface area contributed by atoms with Crippen molar-refractivity contribution in [3.63, 3.8) is 0 Å². The second kappa shape index (κ2) is 6.45. The van der Waals surface area contributed by atoms with Crippen LogP contribution in [0.5, 0.6) is 0 Å². The van der Waals surface area contributed by atoms with Gasteiger partial charge in [-0.25, -0.2) is 4.98 Å². The number of nitrogens with one attached hydrogen (secondary N) is 1. The smallest absolute Gasteiger partial charge is 0.271 e. The van der Waals surface area contributed by atoms with Gasteiger partial charge in [-0.3, -0.25) is 4.79 Å². The Morgan fingerprint density at radius 1 is 1.42 bits per heavy atom. The van der Waals surface area contributed by atoms with Gasteiger partial charge in [-0.2, -0.15) is 0 Å². The zero-order chi connectivity index (χ0) is 13.7. The minimum Gasteiger partial charge on any atom is -0.383 e. The predicted molar refractivity (Wildman–Crippen MR) is 76.4 cm³/mol. The van der Waals surface area contributed by atoms with E-state index in [1.807, 2.05) is 37.3 Å².